The number of rotatable bonds is 4. The third-order valence-electron chi connectivity index (χ3n) is 4.85. The molecule has 0 spiro atoms. The maximum absolute atomic E-state index is 13.0. The molecule has 1 fully saturated rings. The predicted octanol–water partition coefficient (Wildman–Crippen LogP) is -2.62. The molecule has 14 heteroatoms. The molecule has 1 aliphatic rings. The minimum Gasteiger partial charge on any atom is -0.353 e. The van der Waals surface area contributed by atoms with Gasteiger partial charge in [0.1, 0.15) is 6.54 Å². The van der Waals surface area contributed by atoms with Gasteiger partial charge in [-0.05, 0) is 0 Å². The van der Waals surface area contributed by atoms with Crippen molar-refractivity contribution in [2.45, 2.75) is 20.4 Å². The summed E-state index contributed by atoms with van der Waals surface area (Å²) in [6, 6.07) is 0. The highest BCUT2D eigenvalue weighted by atomic mass is 16.2. The fourth-order valence-corrected chi connectivity index (χ4v) is 3.04. The van der Waals surface area contributed by atoms with Crippen molar-refractivity contribution in [1.82, 2.24) is 40.4 Å². The molecule has 4 amide bonds. The number of anilines is 1. The van der Waals surface area contributed by atoms with E-state index in [2.05, 4.69) is 36.2 Å². The third kappa shape index (κ3) is 6.35. The maximum Gasteiger partial charge on any atom is 0.280 e. The molecule has 1 aliphatic heterocycles. The molecule has 0 saturated carbocycles. The van der Waals surface area contributed by atoms with Crippen molar-refractivity contribution >= 4 is 40.7 Å². The van der Waals surface area contributed by atoms with Crippen LogP contribution < -0.4 is 26.8 Å². The first-order chi connectivity index (χ1) is 15.7. The van der Waals surface area contributed by atoms with Gasteiger partial charge in [0, 0.05) is 32.1 Å². The van der Waals surface area contributed by atoms with Crippen LogP contribution in [-0.2, 0) is 25.7 Å². The number of carbonyl (C=O) groups is 4. The Hall–Kier alpha value is -3.81. The van der Waals surface area contributed by atoms with Crippen molar-refractivity contribution in [1.29, 1.82) is 0 Å². The largest absolute Gasteiger partial charge is 0.353 e. The van der Waals surface area contributed by atoms with Gasteiger partial charge in [0.25, 0.3) is 5.56 Å². The second-order valence-corrected chi connectivity index (χ2v) is 7.80. The average Bonchev–Trinajstić information content (AvgIpc) is 3.14. The quantitative estimate of drug-likeness (QED) is 0.328. The Morgan fingerprint density at radius 2 is 1.88 bits per heavy atom. The number of hydrogen-bond acceptors (Lipinski definition) is 8. The van der Waals surface area contributed by atoms with E-state index in [4.69, 9.17) is 0 Å². The number of amides is 4. The summed E-state index contributed by atoms with van der Waals surface area (Å²) in [7, 11) is 0. The molecule has 5 N–H and O–H groups in total. The van der Waals surface area contributed by atoms with E-state index in [1.54, 1.807) is 13.8 Å². The van der Waals surface area contributed by atoms with E-state index in [1.165, 1.54) is 15.8 Å². The molecule has 3 heterocycles. The number of fused-ring (bicyclic) bond motifs is 1. The fourth-order valence-electron chi connectivity index (χ4n) is 3.04. The number of aromatic nitrogens is 4. The van der Waals surface area contributed by atoms with Crippen molar-refractivity contribution in [3.63, 3.8) is 0 Å². The number of aromatic amines is 1. The summed E-state index contributed by atoms with van der Waals surface area (Å²) in [6.07, 6.45) is 1.29. The van der Waals surface area contributed by atoms with Crippen molar-refractivity contribution in [2.24, 2.45) is 5.92 Å². The van der Waals surface area contributed by atoms with Gasteiger partial charge in [0.15, 0.2) is 11.2 Å². The zero-order valence-corrected chi connectivity index (χ0v) is 18.4. The van der Waals surface area contributed by atoms with E-state index in [0.717, 1.165) is 0 Å². The second-order valence-electron chi connectivity index (χ2n) is 7.80. The lowest BCUT2D eigenvalue weighted by molar-refractivity contribution is -0.136. The van der Waals surface area contributed by atoms with E-state index in [1.807, 2.05) is 0 Å². The van der Waals surface area contributed by atoms with Gasteiger partial charge >= 0.3 is 0 Å². The first-order valence-corrected chi connectivity index (χ1v) is 10.5. The Bertz CT molecular complexity index is 1110. The van der Waals surface area contributed by atoms with E-state index < -0.39 is 11.5 Å². The van der Waals surface area contributed by atoms with Crippen LogP contribution in [0.15, 0.2) is 11.1 Å². The number of nitrogens with zero attached hydrogens (tertiary/aromatic N) is 4. The Labute approximate surface area is 188 Å². The van der Waals surface area contributed by atoms with Gasteiger partial charge in [-0.25, -0.2) is 4.98 Å². The summed E-state index contributed by atoms with van der Waals surface area (Å²) >= 11 is 0. The zero-order valence-electron chi connectivity index (χ0n) is 18.4. The second kappa shape index (κ2) is 10.7. The van der Waals surface area contributed by atoms with E-state index in [0.29, 0.717) is 13.1 Å². The van der Waals surface area contributed by atoms with Crippen LogP contribution in [0.4, 0.5) is 5.95 Å². The average molecular weight is 461 g/mol. The summed E-state index contributed by atoms with van der Waals surface area (Å²) in [5, 5.41) is 10.8. The topological polar surface area (TPSA) is 183 Å². The highest BCUT2D eigenvalue weighted by Gasteiger charge is 2.21. The van der Waals surface area contributed by atoms with Crippen LogP contribution in [0, 0.1) is 5.92 Å². The van der Waals surface area contributed by atoms with Gasteiger partial charge in [0.05, 0.1) is 19.4 Å². The Balaban J connectivity index is 1.79. The molecule has 1 saturated heterocycles. The van der Waals surface area contributed by atoms with Crippen molar-refractivity contribution in [3.8, 4) is 0 Å². The van der Waals surface area contributed by atoms with Crippen LogP contribution >= 0.6 is 0 Å². The minimum atomic E-state index is -0.563. The fraction of sp³-hybridized carbons (Fsp3) is 0.526. The Kier molecular flexibility index (Phi) is 7.71. The normalized spacial score (nSPS) is 16.0. The first kappa shape index (κ1) is 23.8. The molecule has 0 radical (unpaired) electrons. The number of imidazole rings is 1. The summed E-state index contributed by atoms with van der Waals surface area (Å²) < 4.78 is 1.37. The van der Waals surface area contributed by atoms with Crippen LogP contribution in [0.5, 0.6) is 0 Å². The standard InChI is InChI=1S/C19H27N9O5/c1-11(2)17(32)25-19-24-16-15(18(33)26-19)23-10-28(16)9-14(31)27-6-5-22-12(29)7-20-3-4-21-13(30)8-27/h10-11,20H,3-9H2,1-2H3,(H,21,30)(H,22,29)(H2,24,25,26,32,33). The minimum absolute atomic E-state index is 0.0107. The van der Waals surface area contributed by atoms with E-state index >= 15 is 0 Å². The van der Waals surface area contributed by atoms with Gasteiger partial charge in [0.2, 0.25) is 29.6 Å². The van der Waals surface area contributed by atoms with E-state index in [-0.39, 0.29) is 73.5 Å². The number of H-pyrrole nitrogens is 1. The number of hydrogen-bond donors (Lipinski definition) is 5. The van der Waals surface area contributed by atoms with Crippen LogP contribution in [0.3, 0.4) is 0 Å². The lowest BCUT2D eigenvalue weighted by atomic mass is 10.2. The van der Waals surface area contributed by atoms with Gasteiger partial charge in [-0.2, -0.15) is 4.98 Å². The van der Waals surface area contributed by atoms with Crippen molar-refractivity contribution in [3.05, 3.63) is 16.7 Å². The van der Waals surface area contributed by atoms with Crippen molar-refractivity contribution in [2.75, 3.05) is 44.6 Å². The molecule has 0 unspecified atom stereocenters. The molecule has 14 nitrogen and oxygen atoms in total. The lowest BCUT2D eigenvalue weighted by Gasteiger charge is -2.23. The summed E-state index contributed by atoms with van der Waals surface area (Å²) in [6.45, 7) is 4.10. The maximum atomic E-state index is 13.0. The lowest BCUT2D eigenvalue weighted by Crippen LogP contribution is -2.48. The zero-order chi connectivity index (χ0) is 24.0. The van der Waals surface area contributed by atoms with Crippen LogP contribution in [0.1, 0.15) is 13.8 Å². The van der Waals surface area contributed by atoms with Gasteiger partial charge in [-0.15, -0.1) is 0 Å². The van der Waals surface area contributed by atoms with Crippen LogP contribution in [-0.4, -0.2) is 87.3 Å². The molecular formula is C19H27N9O5. The summed E-state index contributed by atoms with van der Waals surface area (Å²) in [5.41, 5.74) is -0.437. The monoisotopic (exact) mass is 461 g/mol. The predicted molar refractivity (Wildman–Crippen MR) is 117 cm³/mol. The Morgan fingerprint density at radius 1 is 1.12 bits per heavy atom. The molecule has 3 rings (SSSR count). The highest BCUT2D eigenvalue weighted by molar-refractivity contribution is 5.91. The number of carbonyl (C=O) groups excluding carboxylic acids is 4. The molecule has 33 heavy (non-hydrogen) atoms. The van der Waals surface area contributed by atoms with Gasteiger partial charge in [-0.1, -0.05) is 13.8 Å². The Morgan fingerprint density at radius 3 is 2.64 bits per heavy atom. The first-order valence-electron chi connectivity index (χ1n) is 10.5. The molecular weight excluding hydrogens is 434 g/mol. The van der Waals surface area contributed by atoms with E-state index in [9.17, 15) is 24.0 Å². The third-order valence-corrected chi connectivity index (χ3v) is 4.85. The van der Waals surface area contributed by atoms with Gasteiger partial charge in [-0.3, -0.25) is 34.3 Å². The molecule has 178 valence electrons. The number of nitrogens with one attached hydrogen (secondary N) is 5. The summed E-state index contributed by atoms with van der Waals surface area (Å²) in [5.74, 6) is -1.68. The van der Waals surface area contributed by atoms with Crippen LogP contribution in [0.2, 0.25) is 0 Å². The smallest absolute Gasteiger partial charge is 0.280 e. The SMILES string of the molecule is CC(C)C(=O)Nc1nc2c(ncn2CC(=O)N2CCNC(=O)CNCCNC(=O)C2)c(=O)[nH]1. The van der Waals surface area contributed by atoms with Crippen molar-refractivity contribution < 1.29 is 19.2 Å². The molecule has 0 aliphatic carbocycles. The summed E-state index contributed by atoms with van der Waals surface area (Å²) in [4.78, 5) is 73.2. The molecule has 0 aromatic carbocycles. The molecule has 2 aromatic heterocycles. The van der Waals surface area contributed by atoms with Gasteiger partial charge < -0.3 is 25.4 Å². The molecule has 0 bridgehead atoms. The molecule has 0 atom stereocenters. The molecule has 2 aromatic rings. The highest BCUT2D eigenvalue weighted by Crippen LogP contribution is 2.09. The van der Waals surface area contributed by atoms with Crippen LogP contribution in [0.25, 0.3) is 11.2 Å².